The maximum atomic E-state index is 13.5. The van der Waals surface area contributed by atoms with Gasteiger partial charge in [-0.25, -0.2) is 8.78 Å². The summed E-state index contributed by atoms with van der Waals surface area (Å²) in [4.78, 5) is 1.11. The Bertz CT molecular complexity index is 510. The summed E-state index contributed by atoms with van der Waals surface area (Å²) in [6, 6.07) is 7.50. The molecule has 2 N–H and O–H groups in total. The number of aliphatic hydroxyl groups is 1. The largest absolute Gasteiger partial charge is 0.387 e. The van der Waals surface area contributed by atoms with E-state index in [-0.39, 0.29) is 18.2 Å². The maximum absolute atomic E-state index is 13.5. The van der Waals surface area contributed by atoms with Gasteiger partial charge in [0, 0.05) is 17.5 Å². The minimum absolute atomic E-state index is 0.0319. The lowest BCUT2D eigenvalue weighted by atomic mass is 10.1. The molecule has 0 saturated carbocycles. The summed E-state index contributed by atoms with van der Waals surface area (Å²) in [5.74, 6) is -1.45. The first-order valence-corrected chi connectivity index (χ1v) is 6.86. The number of thiophene rings is 1. The Morgan fingerprint density at radius 1 is 1.21 bits per heavy atom. The molecule has 1 unspecified atom stereocenters. The molecule has 0 bridgehead atoms. The molecule has 0 radical (unpaired) electrons. The Labute approximate surface area is 114 Å². The van der Waals surface area contributed by atoms with Crippen LogP contribution >= 0.6 is 11.3 Å². The predicted molar refractivity (Wildman–Crippen MR) is 72.1 cm³/mol. The Morgan fingerprint density at radius 2 is 1.89 bits per heavy atom. The zero-order valence-electron chi connectivity index (χ0n) is 10.4. The lowest BCUT2D eigenvalue weighted by molar-refractivity contribution is 0.161. The topological polar surface area (TPSA) is 32.3 Å². The van der Waals surface area contributed by atoms with Crippen molar-refractivity contribution in [1.29, 1.82) is 0 Å². The van der Waals surface area contributed by atoms with Gasteiger partial charge in [-0.05, 0) is 30.5 Å². The van der Waals surface area contributed by atoms with Gasteiger partial charge in [0.25, 0.3) is 0 Å². The van der Waals surface area contributed by atoms with E-state index in [0.717, 1.165) is 17.0 Å². The van der Waals surface area contributed by atoms with E-state index in [9.17, 15) is 13.9 Å². The van der Waals surface area contributed by atoms with Crippen molar-refractivity contribution in [3.05, 3.63) is 57.8 Å². The standard InChI is InChI=1S/C14H15F2NOS/c1-9(13-6-3-7-19-13)17-8-12(18)14-10(15)4-2-5-11(14)16/h2-7,9,12,17-18H,8H2,1H3/t9-,12?/m0/s1. The Morgan fingerprint density at radius 3 is 2.47 bits per heavy atom. The molecular formula is C14H15F2NOS. The monoisotopic (exact) mass is 283 g/mol. The molecule has 102 valence electrons. The molecule has 2 aromatic rings. The predicted octanol–water partition coefficient (Wildman–Crippen LogP) is 3.41. The number of halogens is 2. The van der Waals surface area contributed by atoms with Crippen LogP contribution in [0.5, 0.6) is 0 Å². The highest BCUT2D eigenvalue weighted by Crippen LogP contribution is 2.22. The van der Waals surface area contributed by atoms with E-state index in [1.165, 1.54) is 6.07 Å². The van der Waals surface area contributed by atoms with E-state index in [1.807, 2.05) is 24.4 Å². The zero-order chi connectivity index (χ0) is 13.8. The van der Waals surface area contributed by atoms with Crippen LogP contribution in [-0.2, 0) is 0 Å². The van der Waals surface area contributed by atoms with Crippen molar-refractivity contribution < 1.29 is 13.9 Å². The molecule has 1 heterocycles. The fourth-order valence-electron chi connectivity index (χ4n) is 1.86. The average molecular weight is 283 g/mol. The van der Waals surface area contributed by atoms with Crippen molar-refractivity contribution in [2.75, 3.05) is 6.54 Å². The molecule has 0 aliphatic carbocycles. The fraction of sp³-hybridized carbons (Fsp3) is 0.286. The van der Waals surface area contributed by atoms with Gasteiger partial charge in [-0.15, -0.1) is 11.3 Å². The van der Waals surface area contributed by atoms with Gasteiger partial charge < -0.3 is 10.4 Å². The number of nitrogens with one attached hydrogen (secondary N) is 1. The van der Waals surface area contributed by atoms with Crippen LogP contribution < -0.4 is 5.32 Å². The van der Waals surface area contributed by atoms with Crippen LogP contribution in [0.4, 0.5) is 8.78 Å². The fourth-order valence-corrected chi connectivity index (χ4v) is 2.62. The first kappa shape index (κ1) is 14.1. The van der Waals surface area contributed by atoms with Crippen LogP contribution in [0.2, 0.25) is 0 Å². The molecule has 2 atom stereocenters. The van der Waals surface area contributed by atoms with Crippen molar-refractivity contribution in [3.63, 3.8) is 0 Å². The summed E-state index contributed by atoms with van der Waals surface area (Å²) >= 11 is 1.59. The molecule has 2 rings (SSSR count). The Balaban J connectivity index is 2.00. The van der Waals surface area contributed by atoms with Crippen LogP contribution in [0.15, 0.2) is 35.7 Å². The molecule has 0 aliphatic heterocycles. The minimum Gasteiger partial charge on any atom is -0.387 e. The van der Waals surface area contributed by atoms with Crippen molar-refractivity contribution in [2.24, 2.45) is 0 Å². The van der Waals surface area contributed by atoms with E-state index < -0.39 is 17.7 Å². The molecule has 1 aromatic carbocycles. The highest BCUT2D eigenvalue weighted by molar-refractivity contribution is 7.10. The molecule has 0 saturated heterocycles. The SMILES string of the molecule is C[C@H](NCC(O)c1c(F)cccc1F)c1cccs1. The van der Waals surface area contributed by atoms with Crippen molar-refractivity contribution in [3.8, 4) is 0 Å². The van der Waals surface area contributed by atoms with Crippen LogP contribution in [0, 0.1) is 11.6 Å². The second-order valence-corrected chi connectivity index (χ2v) is 5.28. The van der Waals surface area contributed by atoms with Crippen LogP contribution in [0.1, 0.15) is 29.5 Å². The van der Waals surface area contributed by atoms with Crippen LogP contribution in [0.3, 0.4) is 0 Å². The number of rotatable bonds is 5. The van der Waals surface area contributed by atoms with E-state index in [4.69, 9.17) is 0 Å². The lowest BCUT2D eigenvalue weighted by Crippen LogP contribution is -2.25. The molecule has 1 aromatic heterocycles. The third kappa shape index (κ3) is 3.37. The maximum Gasteiger partial charge on any atom is 0.131 e. The molecule has 0 spiro atoms. The molecule has 2 nitrogen and oxygen atoms in total. The van der Waals surface area contributed by atoms with Crippen LogP contribution in [-0.4, -0.2) is 11.7 Å². The number of hydrogen-bond donors (Lipinski definition) is 2. The van der Waals surface area contributed by atoms with E-state index >= 15 is 0 Å². The van der Waals surface area contributed by atoms with E-state index in [0.29, 0.717) is 0 Å². The van der Waals surface area contributed by atoms with E-state index in [1.54, 1.807) is 11.3 Å². The molecule has 0 amide bonds. The van der Waals surface area contributed by atoms with Gasteiger partial charge in [0.05, 0.1) is 11.7 Å². The van der Waals surface area contributed by atoms with Crippen molar-refractivity contribution in [2.45, 2.75) is 19.1 Å². The lowest BCUT2D eigenvalue weighted by Gasteiger charge is -2.17. The summed E-state index contributed by atoms with van der Waals surface area (Å²) in [5, 5.41) is 14.9. The molecular weight excluding hydrogens is 268 g/mol. The molecule has 5 heteroatoms. The third-order valence-corrected chi connectivity index (χ3v) is 3.98. The van der Waals surface area contributed by atoms with Gasteiger partial charge in [0.1, 0.15) is 11.6 Å². The van der Waals surface area contributed by atoms with Gasteiger partial charge in [0.15, 0.2) is 0 Å². The normalized spacial score (nSPS) is 14.3. The first-order valence-electron chi connectivity index (χ1n) is 5.98. The van der Waals surface area contributed by atoms with Gasteiger partial charge in [-0.3, -0.25) is 0 Å². The summed E-state index contributed by atoms with van der Waals surface area (Å²) in [7, 11) is 0. The summed E-state index contributed by atoms with van der Waals surface area (Å²) in [5.41, 5.74) is -0.284. The molecule has 0 aliphatic rings. The molecule has 0 fully saturated rings. The quantitative estimate of drug-likeness (QED) is 0.881. The van der Waals surface area contributed by atoms with Gasteiger partial charge in [-0.2, -0.15) is 0 Å². The number of hydrogen-bond acceptors (Lipinski definition) is 3. The third-order valence-electron chi connectivity index (χ3n) is 2.92. The second kappa shape index (κ2) is 6.23. The minimum atomic E-state index is -1.20. The highest BCUT2D eigenvalue weighted by Gasteiger charge is 2.18. The van der Waals surface area contributed by atoms with Crippen LogP contribution in [0.25, 0.3) is 0 Å². The number of aliphatic hydroxyl groups excluding tert-OH is 1. The summed E-state index contributed by atoms with van der Waals surface area (Å²) in [6.07, 6.45) is -1.20. The van der Waals surface area contributed by atoms with Gasteiger partial charge in [-0.1, -0.05) is 12.1 Å². The smallest absolute Gasteiger partial charge is 0.131 e. The van der Waals surface area contributed by atoms with E-state index in [2.05, 4.69) is 5.32 Å². The second-order valence-electron chi connectivity index (χ2n) is 4.30. The van der Waals surface area contributed by atoms with Gasteiger partial charge in [0.2, 0.25) is 0 Å². The van der Waals surface area contributed by atoms with Crippen molar-refractivity contribution >= 4 is 11.3 Å². The Kier molecular flexibility index (Phi) is 4.63. The molecule has 19 heavy (non-hydrogen) atoms. The average Bonchev–Trinajstić information content (AvgIpc) is 2.89. The zero-order valence-corrected chi connectivity index (χ0v) is 11.3. The highest BCUT2D eigenvalue weighted by atomic mass is 32.1. The van der Waals surface area contributed by atoms with Gasteiger partial charge >= 0.3 is 0 Å². The van der Waals surface area contributed by atoms with Crippen molar-refractivity contribution in [1.82, 2.24) is 5.32 Å². The summed E-state index contributed by atoms with van der Waals surface area (Å²) < 4.78 is 26.9. The summed E-state index contributed by atoms with van der Waals surface area (Å²) in [6.45, 7) is 2.03. The first-order chi connectivity index (χ1) is 9.09. The number of benzene rings is 1. The Hall–Kier alpha value is -1.30.